The molecule has 0 saturated carbocycles. The Hall–Kier alpha value is -1.10. The molecule has 19 heavy (non-hydrogen) atoms. The van der Waals surface area contributed by atoms with Crippen molar-refractivity contribution >= 4 is 11.9 Å². The molecular weight excluding hydrogens is 246 g/mol. The van der Waals surface area contributed by atoms with Crippen LogP contribution in [0, 0.1) is 5.92 Å². The summed E-state index contributed by atoms with van der Waals surface area (Å²) in [6.07, 6.45) is 4.38. The van der Waals surface area contributed by atoms with Crippen molar-refractivity contribution in [3.8, 4) is 0 Å². The lowest BCUT2D eigenvalue weighted by atomic mass is 9.89. The van der Waals surface area contributed by atoms with Gasteiger partial charge in [-0.3, -0.25) is 4.79 Å². The highest BCUT2D eigenvalue weighted by Crippen LogP contribution is 2.36. The number of nitrogens with zero attached hydrogens (tertiary/aromatic N) is 1. The normalized spacial score (nSPS) is 31.4. The molecule has 0 aromatic heterocycles. The number of rotatable bonds is 4. The Morgan fingerprint density at radius 1 is 1.42 bits per heavy atom. The largest absolute Gasteiger partial charge is 0.479 e. The van der Waals surface area contributed by atoms with Gasteiger partial charge in [0.1, 0.15) is 5.54 Å². The van der Waals surface area contributed by atoms with Gasteiger partial charge in [0.05, 0.1) is 12.5 Å². The topological polar surface area (TPSA) is 66.8 Å². The molecule has 2 rings (SSSR count). The van der Waals surface area contributed by atoms with E-state index in [2.05, 4.69) is 0 Å². The number of carboxylic acids is 1. The van der Waals surface area contributed by atoms with Gasteiger partial charge in [0.25, 0.3) is 0 Å². The molecule has 2 fully saturated rings. The van der Waals surface area contributed by atoms with Crippen LogP contribution < -0.4 is 0 Å². The number of carboxylic acid groups (broad SMARTS) is 1. The summed E-state index contributed by atoms with van der Waals surface area (Å²) < 4.78 is 5.36. The third kappa shape index (κ3) is 2.61. The Balaban J connectivity index is 2.16. The van der Waals surface area contributed by atoms with E-state index in [0.717, 1.165) is 25.7 Å². The lowest BCUT2D eigenvalue weighted by Gasteiger charge is -2.37. The lowest BCUT2D eigenvalue weighted by molar-refractivity contribution is -0.160. The molecule has 2 aliphatic rings. The van der Waals surface area contributed by atoms with Gasteiger partial charge >= 0.3 is 5.97 Å². The predicted molar refractivity (Wildman–Crippen MR) is 69.8 cm³/mol. The number of hydrogen-bond donors (Lipinski definition) is 1. The smallest absolute Gasteiger partial charge is 0.329 e. The van der Waals surface area contributed by atoms with Gasteiger partial charge in [0.15, 0.2) is 0 Å². The van der Waals surface area contributed by atoms with Crippen LogP contribution in [0.1, 0.15) is 45.4 Å². The zero-order chi connectivity index (χ0) is 13.9. The third-order valence-electron chi connectivity index (χ3n) is 4.33. The second-order valence-corrected chi connectivity index (χ2v) is 5.59. The van der Waals surface area contributed by atoms with Gasteiger partial charge in [-0.2, -0.15) is 0 Å². The fraction of sp³-hybridized carbons (Fsp3) is 0.857. The molecule has 0 spiro atoms. The van der Waals surface area contributed by atoms with Crippen molar-refractivity contribution in [2.75, 3.05) is 19.8 Å². The van der Waals surface area contributed by atoms with Crippen LogP contribution in [0.3, 0.4) is 0 Å². The molecule has 1 N–H and O–H groups in total. The van der Waals surface area contributed by atoms with Gasteiger partial charge in [-0.15, -0.1) is 0 Å². The summed E-state index contributed by atoms with van der Waals surface area (Å²) in [5, 5.41) is 9.59. The molecule has 108 valence electrons. The van der Waals surface area contributed by atoms with Gasteiger partial charge in [0, 0.05) is 13.2 Å². The number of amides is 1. The monoisotopic (exact) mass is 269 g/mol. The molecule has 2 saturated heterocycles. The standard InChI is InChI=1S/C14H23NO4/c1-2-6-14(13(17)18)7-4-8-15(14)12(16)11-5-3-9-19-10-11/h11H,2-10H2,1H3,(H,17,18). The Kier molecular flexibility index (Phi) is 4.45. The van der Waals surface area contributed by atoms with Crippen LogP contribution in [0.25, 0.3) is 0 Å². The number of carbonyl (C=O) groups is 2. The van der Waals surface area contributed by atoms with Gasteiger partial charge in [-0.1, -0.05) is 13.3 Å². The summed E-state index contributed by atoms with van der Waals surface area (Å²) in [5.74, 6) is -1.02. The summed E-state index contributed by atoms with van der Waals surface area (Å²) in [6, 6.07) is 0. The minimum absolute atomic E-state index is 0.0203. The maximum absolute atomic E-state index is 12.6. The van der Waals surface area contributed by atoms with E-state index >= 15 is 0 Å². The average molecular weight is 269 g/mol. The Morgan fingerprint density at radius 2 is 2.21 bits per heavy atom. The van der Waals surface area contributed by atoms with E-state index in [4.69, 9.17) is 4.74 Å². The van der Waals surface area contributed by atoms with Crippen molar-refractivity contribution in [1.82, 2.24) is 4.90 Å². The molecule has 2 atom stereocenters. The molecule has 1 amide bonds. The fourth-order valence-corrected chi connectivity index (χ4v) is 3.36. The molecule has 5 nitrogen and oxygen atoms in total. The fourth-order valence-electron chi connectivity index (χ4n) is 3.36. The third-order valence-corrected chi connectivity index (χ3v) is 4.33. The lowest BCUT2D eigenvalue weighted by Crippen LogP contribution is -2.55. The minimum atomic E-state index is -0.969. The number of ether oxygens (including phenoxy) is 1. The van der Waals surface area contributed by atoms with Gasteiger partial charge < -0.3 is 14.7 Å². The highest BCUT2D eigenvalue weighted by molar-refractivity contribution is 5.89. The Morgan fingerprint density at radius 3 is 2.79 bits per heavy atom. The molecular formula is C14H23NO4. The molecule has 0 bridgehead atoms. The highest BCUT2D eigenvalue weighted by atomic mass is 16.5. The van der Waals surface area contributed by atoms with Crippen LogP contribution in [0.15, 0.2) is 0 Å². The first-order valence-electron chi connectivity index (χ1n) is 7.24. The molecule has 2 aliphatic heterocycles. The van der Waals surface area contributed by atoms with Crippen molar-refractivity contribution in [3.63, 3.8) is 0 Å². The SMILES string of the molecule is CCCC1(C(=O)O)CCCN1C(=O)C1CCCOC1. The predicted octanol–water partition coefficient (Wildman–Crippen LogP) is 1.66. The summed E-state index contributed by atoms with van der Waals surface area (Å²) in [5.41, 5.74) is -0.969. The van der Waals surface area contributed by atoms with Crippen LogP contribution in [-0.4, -0.2) is 47.2 Å². The van der Waals surface area contributed by atoms with Gasteiger partial charge in [0.2, 0.25) is 5.91 Å². The molecule has 2 unspecified atom stereocenters. The van der Waals surface area contributed by atoms with Crippen molar-refractivity contribution in [3.05, 3.63) is 0 Å². The van der Waals surface area contributed by atoms with Gasteiger partial charge in [-0.05, 0) is 32.1 Å². The van der Waals surface area contributed by atoms with Crippen molar-refractivity contribution in [2.24, 2.45) is 5.92 Å². The number of hydrogen-bond acceptors (Lipinski definition) is 3. The zero-order valence-electron chi connectivity index (χ0n) is 11.6. The van der Waals surface area contributed by atoms with Crippen molar-refractivity contribution in [2.45, 2.75) is 51.0 Å². The summed E-state index contributed by atoms with van der Waals surface area (Å²) in [7, 11) is 0. The molecule has 5 heteroatoms. The maximum atomic E-state index is 12.6. The van der Waals surface area contributed by atoms with E-state index in [1.807, 2.05) is 6.92 Å². The van der Waals surface area contributed by atoms with E-state index in [9.17, 15) is 14.7 Å². The Labute approximate surface area is 113 Å². The number of aliphatic carboxylic acids is 1. The minimum Gasteiger partial charge on any atom is -0.479 e. The molecule has 0 radical (unpaired) electrons. The van der Waals surface area contributed by atoms with Crippen LogP contribution >= 0.6 is 0 Å². The van der Waals surface area contributed by atoms with E-state index in [1.165, 1.54) is 0 Å². The zero-order valence-corrected chi connectivity index (χ0v) is 11.6. The second-order valence-electron chi connectivity index (χ2n) is 5.59. The van der Waals surface area contributed by atoms with Crippen molar-refractivity contribution < 1.29 is 19.4 Å². The highest BCUT2D eigenvalue weighted by Gasteiger charge is 2.50. The maximum Gasteiger partial charge on any atom is 0.329 e. The summed E-state index contributed by atoms with van der Waals surface area (Å²) >= 11 is 0. The quantitative estimate of drug-likeness (QED) is 0.843. The first-order valence-corrected chi connectivity index (χ1v) is 7.24. The number of likely N-dealkylation sites (tertiary alicyclic amines) is 1. The summed E-state index contributed by atoms with van der Waals surface area (Å²) in [6.45, 7) is 3.69. The van der Waals surface area contributed by atoms with Crippen LogP contribution in [0.4, 0.5) is 0 Å². The average Bonchev–Trinajstić information content (AvgIpc) is 2.84. The first kappa shape index (κ1) is 14.3. The van der Waals surface area contributed by atoms with Crippen LogP contribution in [-0.2, 0) is 14.3 Å². The van der Waals surface area contributed by atoms with E-state index in [1.54, 1.807) is 4.90 Å². The number of carbonyl (C=O) groups excluding carboxylic acids is 1. The van der Waals surface area contributed by atoms with E-state index in [-0.39, 0.29) is 11.8 Å². The molecule has 0 aromatic carbocycles. The van der Waals surface area contributed by atoms with Crippen LogP contribution in [0.2, 0.25) is 0 Å². The van der Waals surface area contributed by atoms with Crippen molar-refractivity contribution in [1.29, 1.82) is 0 Å². The van der Waals surface area contributed by atoms with E-state index < -0.39 is 11.5 Å². The molecule has 2 heterocycles. The molecule has 0 aromatic rings. The van der Waals surface area contributed by atoms with Crippen LogP contribution in [0.5, 0.6) is 0 Å². The van der Waals surface area contributed by atoms with Gasteiger partial charge in [-0.25, -0.2) is 4.79 Å². The molecule has 0 aliphatic carbocycles. The first-order chi connectivity index (χ1) is 9.12. The second kappa shape index (κ2) is 5.90. The van der Waals surface area contributed by atoms with E-state index in [0.29, 0.717) is 32.6 Å². The Bertz CT molecular complexity index is 351. The summed E-state index contributed by atoms with van der Waals surface area (Å²) in [4.78, 5) is 25.9.